The van der Waals surface area contributed by atoms with Crippen LogP contribution in [0.25, 0.3) is 0 Å². The van der Waals surface area contributed by atoms with Crippen LogP contribution in [0.2, 0.25) is 0 Å². The zero-order valence-electron chi connectivity index (χ0n) is 15.3. The highest BCUT2D eigenvalue weighted by molar-refractivity contribution is 5.75. The van der Waals surface area contributed by atoms with Crippen molar-refractivity contribution in [2.24, 2.45) is 5.92 Å². The molecule has 2 aromatic rings. The Labute approximate surface area is 160 Å². The van der Waals surface area contributed by atoms with Gasteiger partial charge in [-0.2, -0.15) is 28.6 Å². The maximum absolute atomic E-state index is 12.8. The molecule has 9 heteroatoms. The van der Waals surface area contributed by atoms with Gasteiger partial charge in [0.25, 0.3) is 0 Å². The van der Waals surface area contributed by atoms with E-state index in [2.05, 4.69) is 15.4 Å². The standard InChI is InChI=1S/C19H22F3N5O/c20-19(21,22)16-3-1-13(2-4-16)9-14-5-7-26(11-14)18(28)27-8-6-15(12-27)17-10-23-25-24-17/h1-4,10,14-15H,5-9,11-12H2,(H,23,24,25)/t14?,15-/m1/s1. The Morgan fingerprint density at radius 2 is 1.82 bits per heavy atom. The monoisotopic (exact) mass is 393 g/mol. The molecule has 1 aromatic heterocycles. The smallest absolute Gasteiger partial charge is 0.324 e. The summed E-state index contributed by atoms with van der Waals surface area (Å²) in [6.07, 6.45) is -0.179. The van der Waals surface area contributed by atoms with Crippen LogP contribution in [0.15, 0.2) is 30.5 Å². The lowest BCUT2D eigenvalue weighted by Crippen LogP contribution is -2.40. The van der Waals surface area contributed by atoms with Gasteiger partial charge in [-0.1, -0.05) is 12.1 Å². The van der Waals surface area contributed by atoms with Gasteiger partial charge in [0.2, 0.25) is 0 Å². The normalized spacial score (nSPS) is 22.8. The maximum atomic E-state index is 12.8. The number of alkyl halides is 3. The summed E-state index contributed by atoms with van der Waals surface area (Å²) in [4.78, 5) is 16.5. The molecule has 1 N–H and O–H groups in total. The largest absolute Gasteiger partial charge is 0.416 e. The molecule has 2 fully saturated rings. The van der Waals surface area contributed by atoms with Crippen molar-refractivity contribution in [3.8, 4) is 0 Å². The van der Waals surface area contributed by atoms with E-state index in [0.29, 0.717) is 32.6 Å². The third-order valence-electron chi connectivity index (χ3n) is 5.67. The summed E-state index contributed by atoms with van der Waals surface area (Å²) in [7, 11) is 0. The third kappa shape index (κ3) is 3.98. The second kappa shape index (κ2) is 7.44. The van der Waals surface area contributed by atoms with Crippen LogP contribution in [0.4, 0.5) is 18.0 Å². The minimum atomic E-state index is -4.31. The Bertz CT molecular complexity index is 806. The van der Waals surface area contributed by atoms with E-state index < -0.39 is 11.7 Å². The number of H-pyrrole nitrogens is 1. The van der Waals surface area contributed by atoms with Crippen LogP contribution in [-0.2, 0) is 12.6 Å². The number of halogens is 3. The van der Waals surface area contributed by atoms with Crippen LogP contribution in [0.3, 0.4) is 0 Å². The SMILES string of the molecule is O=C(N1CCC(Cc2ccc(C(F)(F)F)cc2)C1)N1CC[C@@H](c2cn[nH]n2)C1. The number of aromatic nitrogens is 3. The number of benzene rings is 1. The van der Waals surface area contributed by atoms with Gasteiger partial charge in [0.05, 0.1) is 17.5 Å². The van der Waals surface area contributed by atoms with E-state index in [0.717, 1.165) is 36.2 Å². The van der Waals surface area contributed by atoms with Crippen molar-refractivity contribution in [3.05, 3.63) is 47.3 Å². The molecule has 2 saturated heterocycles. The number of aromatic amines is 1. The fourth-order valence-electron chi connectivity index (χ4n) is 4.12. The van der Waals surface area contributed by atoms with Gasteiger partial charge in [-0.25, -0.2) is 4.79 Å². The molecule has 1 aromatic carbocycles. The predicted octanol–water partition coefficient (Wildman–Crippen LogP) is 3.30. The summed E-state index contributed by atoms with van der Waals surface area (Å²) in [5.74, 6) is 0.489. The molecule has 2 aliphatic rings. The molecule has 2 aliphatic heterocycles. The first-order valence-electron chi connectivity index (χ1n) is 9.46. The lowest BCUT2D eigenvalue weighted by Gasteiger charge is -2.24. The number of nitrogens with one attached hydrogen (secondary N) is 1. The lowest BCUT2D eigenvalue weighted by molar-refractivity contribution is -0.137. The summed E-state index contributed by atoms with van der Waals surface area (Å²) in [5, 5.41) is 10.6. The maximum Gasteiger partial charge on any atom is 0.416 e. The number of amides is 2. The van der Waals surface area contributed by atoms with E-state index in [1.807, 2.05) is 9.80 Å². The Morgan fingerprint density at radius 1 is 1.11 bits per heavy atom. The molecule has 1 unspecified atom stereocenters. The summed E-state index contributed by atoms with van der Waals surface area (Å²) < 4.78 is 38.0. The van der Waals surface area contributed by atoms with Crippen LogP contribution in [0, 0.1) is 5.92 Å². The number of carbonyl (C=O) groups is 1. The molecule has 3 heterocycles. The summed E-state index contributed by atoms with van der Waals surface area (Å²) in [6.45, 7) is 2.68. The van der Waals surface area contributed by atoms with Crippen molar-refractivity contribution in [1.82, 2.24) is 25.2 Å². The first-order valence-corrected chi connectivity index (χ1v) is 9.46. The highest BCUT2D eigenvalue weighted by Gasteiger charge is 2.34. The van der Waals surface area contributed by atoms with Crippen molar-refractivity contribution in [1.29, 1.82) is 0 Å². The highest BCUT2D eigenvalue weighted by atomic mass is 19.4. The molecule has 0 radical (unpaired) electrons. The van der Waals surface area contributed by atoms with Gasteiger partial charge in [-0.15, -0.1) is 0 Å². The molecular formula is C19H22F3N5O. The molecule has 2 atom stereocenters. The Hall–Kier alpha value is -2.58. The predicted molar refractivity (Wildman–Crippen MR) is 95.5 cm³/mol. The topological polar surface area (TPSA) is 65.1 Å². The van der Waals surface area contributed by atoms with Gasteiger partial charge in [-0.3, -0.25) is 0 Å². The van der Waals surface area contributed by atoms with Gasteiger partial charge in [0.15, 0.2) is 0 Å². The molecular weight excluding hydrogens is 371 g/mol. The number of hydrogen-bond acceptors (Lipinski definition) is 3. The molecule has 6 nitrogen and oxygen atoms in total. The highest BCUT2D eigenvalue weighted by Crippen LogP contribution is 2.31. The average Bonchev–Trinajstić information content (AvgIpc) is 3.41. The summed E-state index contributed by atoms with van der Waals surface area (Å²) in [5.41, 5.74) is 1.13. The van der Waals surface area contributed by atoms with Gasteiger partial charge in [0, 0.05) is 32.1 Å². The van der Waals surface area contributed by atoms with Crippen LogP contribution in [0.5, 0.6) is 0 Å². The first-order chi connectivity index (χ1) is 13.4. The molecule has 0 spiro atoms. The van der Waals surface area contributed by atoms with Crippen molar-refractivity contribution in [3.63, 3.8) is 0 Å². The minimum absolute atomic E-state index is 0.0425. The van der Waals surface area contributed by atoms with Crippen molar-refractivity contribution in [2.75, 3.05) is 26.2 Å². The number of rotatable bonds is 3. The summed E-state index contributed by atoms with van der Waals surface area (Å²) >= 11 is 0. The average molecular weight is 393 g/mol. The summed E-state index contributed by atoms with van der Waals surface area (Å²) in [6, 6.07) is 5.37. The third-order valence-corrected chi connectivity index (χ3v) is 5.67. The molecule has 150 valence electrons. The Morgan fingerprint density at radius 3 is 2.50 bits per heavy atom. The van der Waals surface area contributed by atoms with Gasteiger partial charge in [-0.05, 0) is 42.9 Å². The molecule has 4 rings (SSSR count). The number of carbonyl (C=O) groups excluding carboxylic acids is 1. The van der Waals surface area contributed by atoms with Crippen molar-refractivity contribution in [2.45, 2.75) is 31.4 Å². The van der Waals surface area contributed by atoms with E-state index in [1.54, 1.807) is 6.20 Å². The van der Waals surface area contributed by atoms with Gasteiger partial charge >= 0.3 is 12.2 Å². The van der Waals surface area contributed by atoms with Gasteiger partial charge < -0.3 is 9.80 Å². The van der Waals surface area contributed by atoms with Crippen LogP contribution < -0.4 is 0 Å². The fourth-order valence-corrected chi connectivity index (χ4v) is 4.12. The first kappa shape index (κ1) is 18.8. The molecule has 28 heavy (non-hydrogen) atoms. The van der Waals surface area contributed by atoms with E-state index in [9.17, 15) is 18.0 Å². The Balaban J connectivity index is 1.30. The van der Waals surface area contributed by atoms with Crippen LogP contribution >= 0.6 is 0 Å². The quantitative estimate of drug-likeness (QED) is 0.870. The molecule has 0 bridgehead atoms. The second-order valence-electron chi connectivity index (χ2n) is 7.61. The molecule has 2 amide bonds. The number of urea groups is 1. The lowest BCUT2D eigenvalue weighted by atomic mass is 9.98. The van der Waals surface area contributed by atoms with E-state index >= 15 is 0 Å². The Kier molecular flexibility index (Phi) is 4.99. The zero-order valence-corrected chi connectivity index (χ0v) is 15.3. The number of likely N-dealkylation sites (tertiary alicyclic amines) is 2. The molecule has 0 aliphatic carbocycles. The number of nitrogens with zero attached hydrogens (tertiary/aromatic N) is 4. The second-order valence-corrected chi connectivity index (χ2v) is 7.61. The van der Waals surface area contributed by atoms with Crippen molar-refractivity contribution >= 4 is 6.03 Å². The van der Waals surface area contributed by atoms with Crippen LogP contribution in [-0.4, -0.2) is 57.4 Å². The van der Waals surface area contributed by atoms with E-state index in [-0.39, 0.29) is 17.9 Å². The van der Waals surface area contributed by atoms with E-state index in [1.165, 1.54) is 12.1 Å². The van der Waals surface area contributed by atoms with Crippen molar-refractivity contribution < 1.29 is 18.0 Å². The van der Waals surface area contributed by atoms with Crippen LogP contribution in [0.1, 0.15) is 35.6 Å². The fraction of sp³-hybridized carbons (Fsp3) is 0.526. The van der Waals surface area contributed by atoms with E-state index in [4.69, 9.17) is 0 Å². The number of hydrogen-bond donors (Lipinski definition) is 1. The minimum Gasteiger partial charge on any atom is -0.324 e. The van der Waals surface area contributed by atoms with Gasteiger partial charge in [0.1, 0.15) is 0 Å². The zero-order chi connectivity index (χ0) is 19.7. The molecule has 0 saturated carbocycles.